The highest BCUT2D eigenvalue weighted by molar-refractivity contribution is 7.90. The van der Waals surface area contributed by atoms with Gasteiger partial charge in [0.15, 0.2) is 9.84 Å². The number of rotatable bonds is 5. The molecule has 0 spiro atoms. The van der Waals surface area contributed by atoms with Crippen LogP contribution in [0.5, 0.6) is 0 Å². The quantitative estimate of drug-likeness (QED) is 0.846. The zero-order valence-electron chi connectivity index (χ0n) is 12.0. The van der Waals surface area contributed by atoms with Crippen LogP contribution in [0.4, 0.5) is 0 Å². The van der Waals surface area contributed by atoms with E-state index in [-0.39, 0.29) is 26.4 Å². The smallest absolute Gasteiger partial charge is 0.224 e. The number of sulfone groups is 1. The SMILES string of the molecule is CS(=O)(=O)c1ccc(CNS(=O)(=O)c2cc(Cl)ccc2Cl)cc1. The lowest BCUT2D eigenvalue weighted by Crippen LogP contribution is -2.23. The summed E-state index contributed by atoms with van der Waals surface area (Å²) in [6.07, 6.45) is 1.10. The van der Waals surface area contributed by atoms with Crippen molar-refractivity contribution in [3.8, 4) is 0 Å². The van der Waals surface area contributed by atoms with E-state index in [0.717, 1.165) is 6.26 Å². The van der Waals surface area contributed by atoms with Gasteiger partial charge >= 0.3 is 0 Å². The van der Waals surface area contributed by atoms with E-state index in [0.29, 0.717) is 5.56 Å². The highest BCUT2D eigenvalue weighted by Crippen LogP contribution is 2.25. The summed E-state index contributed by atoms with van der Waals surface area (Å²) in [4.78, 5) is 0.0569. The molecule has 1 N–H and O–H groups in total. The first-order valence-electron chi connectivity index (χ1n) is 6.33. The van der Waals surface area contributed by atoms with E-state index in [1.807, 2.05) is 0 Å². The maximum absolute atomic E-state index is 12.3. The van der Waals surface area contributed by atoms with Crippen LogP contribution in [0, 0.1) is 0 Å². The first-order chi connectivity index (χ1) is 10.6. The van der Waals surface area contributed by atoms with Crippen molar-refractivity contribution in [1.82, 2.24) is 4.72 Å². The van der Waals surface area contributed by atoms with Crippen LogP contribution in [0.3, 0.4) is 0 Å². The van der Waals surface area contributed by atoms with Crippen LogP contribution in [0.15, 0.2) is 52.3 Å². The normalized spacial score (nSPS) is 12.3. The van der Waals surface area contributed by atoms with Crippen LogP contribution in [-0.2, 0) is 26.4 Å². The molecule has 0 aliphatic carbocycles. The first-order valence-corrected chi connectivity index (χ1v) is 10.5. The minimum Gasteiger partial charge on any atom is -0.224 e. The molecule has 0 unspecified atom stereocenters. The molecule has 2 aromatic rings. The number of hydrogen-bond donors (Lipinski definition) is 1. The zero-order valence-corrected chi connectivity index (χ0v) is 15.1. The van der Waals surface area contributed by atoms with E-state index < -0.39 is 19.9 Å². The van der Waals surface area contributed by atoms with Gasteiger partial charge in [0.1, 0.15) is 4.90 Å². The van der Waals surface area contributed by atoms with Crippen molar-refractivity contribution in [2.75, 3.05) is 6.26 Å². The Morgan fingerprint density at radius 2 is 1.57 bits per heavy atom. The lowest BCUT2D eigenvalue weighted by molar-refractivity contribution is 0.581. The van der Waals surface area contributed by atoms with Crippen molar-refractivity contribution >= 4 is 43.1 Å². The molecule has 0 aliphatic heterocycles. The zero-order chi connectivity index (χ0) is 17.3. The third-order valence-corrected chi connectivity index (χ3v) is 6.25. The van der Waals surface area contributed by atoms with Crippen LogP contribution in [0.25, 0.3) is 0 Å². The van der Waals surface area contributed by atoms with E-state index >= 15 is 0 Å². The molecule has 0 aromatic heterocycles. The molecule has 0 fully saturated rings. The molecule has 0 bridgehead atoms. The topological polar surface area (TPSA) is 80.3 Å². The monoisotopic (exact) mass is 393 g/mol. The second kappa shape index (κ2) is 6.78. The highest BCUT2D eigenvalue weighted by Gasteiger charge is 2.18. The molecule has 23 heavy (non-hydrogen) atoms. The van der Waals surface area contributed by atoms with Gasteiger partial charge in [-0.05, 0) is 35.9 Å². The number of sulfonamides is 1. The molecule has 0 saturated carbocycles. The Balaban J connectivity index is 2.18. The number of hydrogen-bond acceptors (Lipinski definition) is 4. The minimum atomic E-state index is -3.83. The maximum Gasteiger partial charge on any atom is 0.242 e. The molecule has 0 atom stereocenters. The van der Waals surface area contributed by atoms with Crippen LogP contribution in [0.1, 0.15) is 5.56 Å². The molecule has 124 valence electrons. The van der Waals surface area contributed by atoms with E-state index in [1.54, 1.807) is 12.1 Å². The summed E-state index contributed by atoms with van der Waals surface area (Å²) in [6, 6.07) is 10.1. The average Bonchev–Trinajstić information content (AvgIpc) is 2.47. The van der Waals surface area contributed by atoms with Gasteiger partial charge in [-0.3, -0.25) is 0 Å². The summed E-state index contributed by atoms with van der Waals surface area (Å²) in [5.74, 6) is 0. The van der Waals surface area contributed by atoms with Gasteiger partial charge in [-0.2, -0.15) is 0 Å². The predicted octanol–water partition coefficient (Wildman–Crippen LogP) is 2.88. The highest BCUT2D eigenvalue weighted by atomic mass is 35.5. The predicted molar refractivity (Wildman–Crippen MR) is 90.0 cm³/mol. The van der Waals surface area contributed by atoms with Crippen molar-refractivity contribution in [3.05, 3.63) is 58.1 Å². The fraction of sp³-hybridized carbons (Fsp3) is 0.143. The fourth-order valence-corrected chi connectivity index (χ4v) is 4.20. The lowest BCUT2D eigenvalue weighted by atomic mass is 10.2. The Morgan fingerprint density at radius 3 is 2.13 bits per heavy atom. The van der Waals surface area contributed by atoms with Gasteiger partial charge in [0.25, 0.3) is 0 Å². The molecule has 9 heteroatoms. The molecule has 0 aliphatic rings. The summed E-state index contributed by atoms with van der Waals surface area (Å²) >= 11 is 11.7. The maximum atomic E-state index is 12.3. The number of benzene rings is 2. The Hall–Kier alpha value is -1.12. The Morgan fingerprint density at radius 1 is 0.957 bits per heavy atom. The van der Waals surface area contributed by atoms with Crippen LogP contribution >= 0.6 is 23.2 Å². The molecule has 0 heterocycles. The summed E-state index contributed by atoms with van der Waals surface area (Å²) in [7, 11) is -7.12. The lowest BCUT2D eigenvalue weighted by Gasteiger charge is -2.09. The second-order valence-corrected chi connectivity index (χ2v) is 9.41. The van der Waals surface area contributed by atoms with Crippen molar-refractivity contribution in [2.24, 2.45) is 0 Å². The van der Waals surface area contributed by atoms with Gasteiger partial charge in [-0.15, -0.1) is 0 Å². The summed E-state index contributed by atoms with van der Waals surface area (Å²) in [6.45, 7) is -0.00474. The van der Waals surface area contributed by atoms with E-state index in [1.165, 1.54) is 30.3 Å². The molecular formula is C14H13Cl2NO4S2. The first kappa shape index (κ1) is 18.2. The number of halogens is 2. The van der Waals surface area contributed by atoms with Crippen molar-refractivity contribution in [2.45, 2.75) is 16.3 Å². The summed E-state index contributed by atoms with van der Waals surface area (Å²) in [5.41, 5.74) is 0.610. The standard InChI is InChI=1S/C14H13Cl2NO4S2/c1-22(18,19)12-5-2-10(3-6-12)9-17-23(20,21)14-8-11(15)4-7-13(14)16/h2-8,17H,9H2,1H3. The second-order valence-electron chi connectivity index (χ2n) is 4.82. The molecule has 2 aromatic carbocycles. The van der Waals surface area contributed by atoms with Crippen molar-refractivity contribution in [1.29, 1.82) is 0 Å². The Kier molecular flexibility index (Phi) is 5.37. The van der Waals surface area contributed by atoms with Gasteiger partial charge in [0.2, 0.25) is 10.0 Å². The molecule has 2 rings (SSSR count). The molecule has 5 nitrogen and oxygen atoms in total. The summed E-state index contributed by atoms with van der Waals surface area (Å²) < 4.78 is 49.7. The van der Waals surface area contributed by atoms with Crippen molar-refractivity contribution in [3.63, 3.8) is 0 Å². The fourth-order valence-electron chi connectivity index (χ4n) is 1.79. The third kappa shape index (κ3) is 4.68. The van der Waals surface area contributed by atoms with Crippen LogP contribution < -0.4 is 4.72 Å². The van der Waals surface area contributed by atoms with E-state index in [4.69, 9.17) is 23.2 Å². The largest absolute Gasteiger partial charge is 0.242 e. The van der Waals surface area contributed by atoms with E-state index in [2.05, 4.69) is 4.72 Å². The summed E-state index contributed by atoms with van der Waals surface area (Å²) in [5, 5.41) is 0.321. The number of nitrogens with one attached hydrogen (secondary N) is 1. The minimum absolute atomic E-state index is 0.00474. The van der Waals surface area contributed by atoms with Gasteiger partial charge < -0.3 is 0 Å². The molecular weight excluding hydrogens is 381 g/mol. The van der Waals surface area contributed by atoms with Gasteiger partial charge in [-0.25, -0.2) is 21.6 Å². The third-order valence-electron chi connectivity index (χ3n) is 3.00. The van der Waals surface area contributed by atoms with Crippen molar-refractivity contribution < 1.29 is 16.8 Å². The van der Waals surface area contributed by atoms with E-state index in [9.17, 15) is 16.8 Å². The van der Waals surface area contributed by atoms with Crippen LogP contribution in [-0.4, -0.2) is 23.1 Å². The Labute approximate surface area is 145 Å². The Bertz CT molecular complexity index is 924. The van der Waals surface area contributed by atoms with Gasteiger partial charge in [-0.1, -0.05) is 35.3 Å². The molecule has 0 amide bonds. The van der Waals surface area contributed by atoms with Crippen LogP contribution in [0.2, 0.25) is 10.0 Å². The molecule has 0 radical (unpaired) electrons. The van der Waals surface area contributed by atoms with Gasteiger partial charge in [0, 0.05) is 17.8 Å². The average molecular weight is 394 g/mol. The molecule has 0 saturated heterocycles. The van der Waals surface area contributed by atoms with Gasteiger partial charge in [0.05, 0.1) is 9.92 Å².